The van der Waals surface area contributed by atoms with E-state index in [4.69, 9.17) is 11.1 Å². The smallest absolute Gasteiger partial charge is 0.242 e. The molecule has 1 aliphatic heterocycles. The number of phenolic OH excluding ortho intramolecular Hbond substituents is 2. The summed E-state index contributed by atoms with van der Waals surface area (Å²) in [6, 6.07) is 14.5. The van der Waals surface area contributed by atoms with E-state index in [-0.39, 0.29) is 53.9 Å². The lowest BCUT2D eigenvalue weighted by Gasteiger charge is -2.33. The summed E-state index contributed by atoms with van der Waals surface area (Å²) < 4.78 is 29.8. The Morgan fingerprint density at radius 2 is 1.71 bits per heavy atom. The maximum atomic E-state index is 14.0. The number of rotatable bonds is 14. The van der Waals surface area contributed by atoms with Crippen molar-refractivity contribution in [1.82, 2.24) is 25.2 Å². The standard InChI is InChI=1S/C34H43N7O7S/c35-34(36)40-15-3-4-23(20-40)19-38-31(44)18-28(39-49(47,48)27-11-8-24-5-1-2-6-25(24)17-27)33(46)41(26-9-10-26)21-32(45)37-14-13-22-7-12-29(42)30(43)16-22/h1-2,5-8,11-12,16-17,23,26,28,39,42-43H,3-4,9-10,13-15,18-21H2,(H3,35,36)(H,37,45)(H,38,44)/t23?,28-/m0/s1. The van der Waals surface area contributed by atoms with E-state index in [0.29, 0.717) is 43.3 Å². The molecule has 2 atom stereocenters. The highest BCUT2D eigenvalue weighted by molar-refractivity contribution is 7.89. The number of phenols is 2. The first-order valence-corrected chi connectivity index (χ1v) is 17.8. The van der Waals surface area contributed by atoms with Crippen molar-refractivity contribution in [3.8, 4) is 11.5 Å². The Balaban J connectivity index is 1.28. The topological polar surface area (TPSA) is 218 Å². The van der Waals surface area contributed by atoms with Gasteiger partial charge in [-0.25, -0.2) is 8.42 Å². The molecule has 1 unspecified atom stereocenters. The summed E-state index contributed by atoms with van der Waals surface area (Å²) in [4.78, 5) is 43.3. The number of hydrogen-bond donors (Lipinski definition) is 7. The molecule has 5 rings (SSSR count). The number of sulfonamides is 1. The number of nitrogens with zero attached hydrogens (tertiary/aromatic N) is 2. The third-order valence-electron chi connectivity index (χ3n) is 8.82. The van der Waals surface area contributed by atoms with Crippen LogP contribution in [0, 0.1) is 11.3 Å². The molecule has 262 valence electrons. The normalized spacial score (nSPS) is 16.9. The van der Waals surface area contributed by atoms with Crippen LogP contribution in [0.3, 0.4) is 0 Å². The van der Waals surface area contributed by atoms with Gasteiger partial charge in [-0.05, 0) is 78.6 Å². The maximum Gasteiger partial charge on any atom is 0.242 e. The lowest BCUT2D eigenvalue weighted by Crippen LogP contribution is -2.53. The third-order valence-corrected chi connectivity index (χ3v) is 10.3. The van der Waals surface area contributed by atoms with Crippen LogP contribution >= 0.6 is 0 Å². The minimum Gasteiger partial charge on any atom is -0.504 e. The monoisotopic (exact) mass is 693 g/mol. The van der Waals surface area contributed by atoms with Crippen molar-refractivity contribution in [2.24, 2.45) is 11.7 Å². The number of hydrogen-bond acceptors (Lipinski definition) is 8. The summed E-state index contributed by atoms with van der Waals surface area (Å²) >= 11 is 0. The first kappa shape index (κ1) is 35.4. The molecule has 49 heavy (non-hydrogen) atoms. The molecule has 1 aliphatic carbocycles. The quantitative estimate of drug-likeness (QED) is 0.0736. The number of guanidine groups is 1. The lowest BCUT2D eigenvalue weighted by molar-refractivity contribution is -0.139. The number of piperidine rings is 1. The van der Waals surface area contributed by atoms with Crippen LogP contribution in [0.1, 0.15) is 37.7 Å². The molecule has 0 spiro atoms. The van der Waals surface area contributed by atoms with E-state index in [1.165, 1.54) is 29.2 Å². The molecule has 15 heteroatoms. The Bertz CT molecular complexity index is 1820. The molecule has 8 N–H and O–H groups in total. The van der Waals surface area contributed by atoms with E-state index >= 15 is 0 Å². The number of nitrogens with one attached hydrogen (secondary N) is 4. The average molecular weight is 694 g/mol. The van der Waals surface area contributed by atoms with Crippen LogP contribution in [0.25, 0.3) is 10.8 Å². The number of benzene rings is 3. The Morgan fingerprint density at radius 3 is 2.43 bits per heavy atom. The molecule has 1 saturated heterocycles. The molecule has 2 aliphatic rings. The highest BCUT2D eigenvalue weighted by Gasteiger charge is 2.39. The van der Waals surface area contributed by atoms with Gasteiger partial charge in [-0.3, -0.25) is 19.8 Å². The molecule has 14 nitrogen and oxygen atoms in total. The van der Waals surface area contributed by atoms with Gasteiger partial charge in [-0.15, -0.1) is 0 Å². The van der Waals surface area contributed by atoms with Crippen LogP contribution in [-0.4, -0.2) is 96.9 Å². The largest absolute Gasteiger partial charge is 0.504 e. The van der Waals surface area contributed by atoms with Gasteiger partial charge in [0.05, 0.1) is 17.9 Å². The summed E-state index contributed by atoms with van der Waals surface area (Å²) in [5, 5.41) is 34.1. The van der Waals surface area contributed by atoms with Gasteiger partial charge in [0.15, 0.2) is 17.5 Å². The van der Waals surface area contributed by atoms with Crippen molar-refractivity contribution in [3.63, 3.8) is 0 Å². The second-order valence-electron chi connectivity index (χ2n) is 12.7. The second-order valence-corrected chi connectivity index (χ2v) is 14.4. The minimum atomic E-state index is -4.27. The zero-order chi connectivity index (χ0) is 35.1. The van der Waals surface area contributed by atoms with Crippen LogP contribution in [0.15, 0.2) is 65.6 Å². The Morgan fingerprint density at radius 1 is 0.959 bits per heavy atom. The number of likely N-dealkylation sites (tertiary alicyclic amines) is 1. The van der Waals surface area contributed by atoms with Crippen LogP contribution in [0.2, 0.25) is 0 Å². The number of fused-ring (bicyclic) bond motifs is 1. The SMILES string of the molecule is N=C(N)N1CCCC(CNC(=O)C[C@H](NS(=O)(=O)c2ccc3ccccc3c2)C(=O)N(CC(=O)NCCc2ccc(O)c(O)c2)C2CC2)C1. The zero-order valence-corrected chi connectivity index (χ0v) is 27.9. The van der Waals surface area contributed by atoms with Gasteiger partial charge in [0.25, 0.3) is 0 Å². The Hall–Kier alpha value is -4.89. The van der Waals surface area contributed by atoms with Crippen molar-refractivity contribution in [2.45, 2.75) is 55.5 Å². The fourth-order valence-electron chi connectivity index (χ4n) is 5.99. The van der Waals surface area contributed by atoms with E-state index in [1.807, 2.05) is 12.1 Å². The van der Waals surface area contributed by atoms with Crippen LogP contribution in [0.4, 0.5) is 0 Å². The molecular weight excluding hydrogens is 650 g/mol. The molecule has 2 fully saturated rings. The average Bonchev–Trinajstić information content (AvgIpc) is 3.93. The molecule has 1 saturated carbocycles. The van der Waals surface area contributed by atoms with E-state index in [9.17, 15) is 33.0 Å². The van der Waals surface area contributed by atoms with Crippen molar-refractivity contribution in [1.29, 1.82) is 5.41 Å². The number of amides is 3. The van der Waals surface area contributed by atoms with Gasteiger partial charge in [-0.2, -0.15) is 4.72 Å². The number of carbonyl (C=O) groups is 3. The van der Waals surface area contributed by atoms with Gasteiger partial charge >= 0.3 is 0 Å². The van der Waals surface area contributed by atoms with E-state index in [2.05, 4.69) is 15.4 Å². The minimum absolute atomic E-state index is 0.0299. The predicted octanol–water partition coefficient (Wildman–Crippen LogP) is 1.36. The van der Waals surface area contributed by atoms with Crippen molar-refractivity contribution in [2.75, 3.05) is 32.7 Å². The molecule has 1 heterocycles. The second kappa shape index (κ2) is 15.6. The summed E-state index contributed by atoms with van der Waals surface area (Å²) in [6.07, 6.45) is 2.77. The summed E-state index contributed by atoms with van der Waals surface area (Å²) in [6.45, 7) is 1.30. The van der Waals surface area contributed by atoms with Gasteiger partial charge in [-0.1, -0.05) is 36.4 Å². The highest BCUT2D eigenvalue weighted by atomic mass is 32.2. The van der Waals surface area contributed by atoms with Crippen molar-refractivity contribution >= 4 is 44.5 Å². The maximum absolute atomic E-state index is 14.0. The predicted molar refractivity (Wildman–Crippen MR) is 183 cm³/mol. The molecular formula is C34H43N7O7S. The summed E-state index contributed by atoms with van der Waals surface area (Å²) in [7, 11) is -4.27. The van der Waals surface area contributed by atoms with Gasteiger partial charge in [0.2, 0.25) is 27.7 Å². The number of carbonyl (C=O) groups excluding carboxylic acids is 3. The van der Waals surface area contributed by atoms with Crippen LogP contribution in [0.5, 0.6) is 11.5 Å². The van der Waals surface area contributed by atoms with E-state index in [1.54, 1.807) is 29.2 Å². The van der Waals surface area contributed by atoms with E-state index < -0.39 is 40.2 Å². The van der Waals surface area contributed by atoms with Crippen molar-refractivity contribution < 1.29 is 33.0 Å². The van der Waals surface area contributed by atoms with Crippen LogP contribution < -0.4 is 21.1 Å². The van der Waals surface area contributed by atoms with Gasteiger partial charge < -0.3 is 36.4 Å². The zero-order valence-electron chi connectivity index (χ0n) is 27.1. The number of nitrogens with two attached hydrogens (primary N) is 1. The molecule has 0 aromatic heterocycles. The van der Waals surface area contributed by atoms with Crippen molar-refractivity contribution in [3.05, 3.63) is 66.2 Å². The fourth-order valence-corrected chi connectivity index (χ4v) is 7.21. The molecule has 3 aromatic carbocycles. The summed E-state index contributed by atoms with van der Waals surface area (Å²) in [5.41, 5.74) is 6.33. The van der Waals surface area contributed by atoms with Gasteiger partial charge in [0, 0.05) is 32.2 Å². The first-order chi connectivity index (χ1) is 23.4. The van der Waals surface area contributed by atoms with Gasteiger partial charge in [0.1, 0.15) is 6.04 Å². The van der Waals surface area contributed by atoms with E-state index in [0.717, 1.165) is 18.2 Å². The first-order valence-electron chi connectivity index (χ1n) is 16.3. The van der Waals surface area contributed by atoms with Crippen LogP contribution in [-0.2, 0) is 30.8 Å². The Labute approximate surface area is 285 Å². The number of aromatic hydroxyl groups is 2. The summed E-state index contributed by atoms with van der Waals surface area (Å²) in [5.74, 6) is -2.20. The fraction of sp³-hybridized carbons (Fsp3) is 0.412. The Kier molecular flexibility index (Phi) is 11.2. The highest BCUT2D eigenvalue weighted by Crippen LogP contribution is 2.28. The lowest BCUT2D eigenvalue weighted by atomic mass is 9.98. The third kappa shape index (κ3) is 9.60. The molecule has 0 bridgehead atoms. The molecule has 3 aromatic rings. The molecule has 3 amide bonds. The molecule has 0 radical (unpaired) electrons.